The zero-order valence-corrected chi connectivity index (χ0v) is 9.18. The number of thiophene rings is 1. The normalized spacial score (nSPS) is 13.5. The van der Waals surface area contributed by atoms with Gasteiger partial charge in [0.15, 0.2) is 0 Å². The summed E-state index contributed by atoms with van der Waals surface area (Å²) in [4.78, 5) is 3.64. The Kier molecular flexibility index (Phi) is 4.42. The minimum Gasteiger partial charge on any atom is -0.322 e. The quantitative estimate of drug-likeness (QED) is 0.785. The summed E-state index contributed by atoms with van der Waals surface area (Å²) in [5, 5.41) is 2.08. The third kappa shape index (κ3) is 3.10. The van der Waals surface area contributed by atoms with Crippen LogP contribution in [0.5, 0.6) is 0 Å². The first kappa shape index (κ1) is 10.7. The van der Waals surface area contributed by atoms with Gasteiger partial charge in [0, 0.05) is 11.4 Å². The van der Waals surface area contributed by atoms with Crippen LogP contribution >= 0.6 is 11.3 Å². The fraction of sp³-hybridized carbons (Fsp3) is 0.600. The van der Waals surface area contributed by atoms with E-state index in [9.17, 15) is 0 Å². The summed E-state index contributed by atoms with van der Waals surface area (Å²) in [5.41, 5.74) is 6.06. The molecule has 0 saturated heterocycles. The molecule has 3 heteroatoms. The van der Waals surface area contributed by atoms with E-state index in [4.69, 9.17) is 5.73 Å². The average molecular weight is 198 g/mol. The monoisotopic (exact) mass is 198 g/mol. The lowest BCUT2D eigenvalue weighted by atomic mass is 10.2. The predicted octanol–water partition coefficient (Wildman–Crippen LogP) is 2.09. The molecule has 1 unspecified atom stereocenters. The van der Waals surface area contributed by atoms with Gasteiger partial charge in [0.25, 0.3) is 0 Å². The van der Waals surface area contributed by atoms with Crippen LogP contribution in [0.2, 0.25) is 0 Å². The minimum absolute atomic E-state index is 0.180. The SMILES string of the molecule is CCN(CC)CC(N)c1cccs1. The minimum atomic E-state index is 0.180. The van der Waals surface area contributed by atoms with E-state index in [2.05, 4.69) is 36.3 Å². The lowest BCUT2D eigenvalue weighted by Gasteiger charge is -2.21. The van der Waals surface area contributed by atoms with E-state index in [1.165, 1.54) is 4.88 Å². The largest absolute Gasteiger partial charge is 0.322 e. The van der Waals surface area contributed by atoms with Gasteiger partial charge in [0.2, 0.25) is 0 Å². The molecule has 2 N–H and O–H groups in total. The Morgan fingerprint density at radius 2 is 2.15 bits per heavy atom. The molecule has 1 heterocycles. The van der Waals surface area contributed by atoms with Crippen molar-refractivity contribution in [2.24, 2.45) is 5.73 Å². The van der Waals surface area contributed by atoms with Gasteiger partial charge in [-0.2, -0.15) is 0 Å². The fourth-order valence-electron chi connectivity index (χ4n) is 1.35. The van der Waals surface area contributed by atoms with Gasteiger partial charge in [-0.05, 0) is 24.5 Å². The van der Waals surface area contributed by atoms with E-state index in [0.717, 1.165) is 19.6 Å². The smallest absolute Gasteiger partial charge is 0.0519 e. The van der Waals surface area contributed by atoms with Gasteiger partial charge in [0.05, 0.1) is 6.04 Å². The predicted molar refractivity (Wildman–Crippen MR) is 59.0 cm³/mol. The summed E-state index contributed by atoms with van der Waals surface area (Å²) < 4.78 is 0. The van der Waals surface area contributed by atoms with Crippen molar-refractivity contribution >= 4 is 11.3 Å². The third-order valence-corrected chi connectivity index (χ3v) is 3.26. The second-order valence-corrected chi connectivity index (χ2v) is 4.09. The molecule has 0 bridgehead atoms. The molecule has 0 saturated carbocycles. The van der Waals surface area contributed by atoms with Gasteiger partial charge in [-0.25, -0.2) is 0 Å². The summed E-state index contributed by atoms with van der Waals surface area (Å²) in [6.45, 7) is 7.47. The maximum absolute atomic E-state index is 6.06. The van der Waals surface area contributed by atoms with E-state index in [0.29, 0.717) is 0 Å². The molecule has 1 rings (SSSR count). The maximum atomic E-state index is 6.06. The number of likely N-dealkylation sites (N-methyl/N-ethyl adjacent to an activating group) is 1. The Balaban J connectivity index is 2.45. The van der Waals surface area contributed by atoms with Crippen LogP contribution in [0.25, 0.3) is 0 Å². The fourth-order valence-corrected chi connectivity index (χ4v) is 2.07. The number of hydrogen-bond acceptors (Lipinski definition) is 3. The number of nitrogens with two attached hydrogens (primary N) is 1. The van der Waals surface area contributed by atoms with Crippen molar-refractivity contribution in [2.75, 3.05) is 19.6 Å². The van der Waals surface area contributed by atoms with Crippen LogP contribution in [-0.2, 0) is 0 Å². The molecule has 0 spiro atoms. The van der Waals surface area contributed by atoms with Gasteiger partial charge < -0.3 is 10.6 Å². The van der Waals surface area contributed by atoms with Crippen LogP contribution in [0.4, 0.5) is 0 Å². The molecule has 0 fully saturated rings. The molecule has 0 aromatic carbocycles. The number of hydrogen-bond donors (Lipinski definition) is 1. The summed E-state index contributed by atoms with van der Waals surface area (Å²) in [7, 11) is 0. The van der Waals surface area contributed by atoms with E-state index >= 15 is 0 Å². The molecule has 0 radical (unpaired) electrons. The second kappa shape index (κ2) is 5.37. The first-order valence-corrected chi connectivity index (χ1v) is 5.67. The maximum Gasteiger partial charge on any atom is 0.0519 e. The van der Waals surface area contributed by atoms with Crippen molar-refractivity contribution in [1.29, 1.82) is 0 Å². The van der Waals surface area contributed by atoms with Crippen molar-refractivity contribution in [3.63, 3.8) is 0 Å². The topological polar surface area (TPSA) is 29.3 Å². The Labute approximate surface area is 84.4 Å². The zero-order valence-electron chi connectivity index (χ0n) is 8.36. The second-order valence-electron chi connectivity index (χ2n) is 3.11. The Hall–Kier alpha value is -0.380. The van der Waals surface area contributed by atoms with E-state index in [1.54, 1.807) is 11.3 Å². The van der Waals surface area contributed by atoms with Crippen LogP contribution in [0.15, 0.2) is 17.5 Å². The van der Waals surface area contributed by atoms with Crippen molar-refractivity contribution in [2.45, 2.75) is 19.9 Å². The van der Waals surface area contributed by atoms with Crippen LogP contribution in [0.1, 0.15) is 24.8 Å². The summed E-state index contributed by atoms with van der Waals surface area (Å²) in [5.74, 6) is 0. The molecule has 1 aromatic heterocycles. The highest BCUT2D eigenvalue weighted by Crippen LogP contribution is 2.17. The van der Waals surface area contributed by atoms with Crippen molar-refractivity contribution in [1.82, 2.24) is 4.90 Å². The lowest BCUT2D eigenvalue weighted by Crippen LogP contribution is -2.31. The first-order chi connectivity index (χ1) is 6.27. The van der Waals surface area contributed by atoms with Gasteiger partial charge in [-0.1, -0.05) is 19.9 Å². The van der Waals surface area contributed by atoms with E-state index < -0.39 is 0 Å². The molecule has 74 valence electrons. The van der Waals surface area contributed by atoms with Gasteiger partial charge >= 0.3 is 0 Å². The molecule has 0 aliphatic carbocycles. The zero-order chi connectivity index (χ0) is 9.68. The van der Waals surface area contributed by atoms with E-state index in [-0.39, 0.29) is 6.04 Å². The molecule has 0 amide bonds. The van der Waals surface area contributed by atoms with Crippen molar-refractivity contribution in [3.05, 3.63) is 22.4 Å². The summed E-state index contributed by atoms with van der Waals surface area (Å²) >= 11 is 1.74. The third-order valence-electron chi connectivity index (χ3n) is 2.26. The van der Waals surface area contributed by atoms with Gasteiger partial charge in [0.1, 0.15) is 0 Å². The Bertz CT molecular complexity index is 217. The van der Waals surface area contributed by atoms with Crippen molar-refractivity contribution < 1.29 is 0 Å². The first-order valence-electron chi connectivity index (χ1n) is 4.79. The highest BCUT2D eigenvalue weighted by molar-refractivity contribution is 7.10. The highest BCUT2D eigenvalue weighted by atomic mass is 32.1. The summed E-state index contributed by atoms with van der Waals surface area (Å²) in [6.07, 6.45) is 0. The van der Waals surface area contributed by atoms with Crippen molar-refractivity contribution in [3.8, 4) is 0 Å². The average Bonchev–Trinajstić information content (AvgIpc) is 2.66. The number of rotatable bonds is 5. The van der Waals surface area contributed by atoms with Crippen LogP contribution in [0.3, 0.4) is 0 Å². The van der Waals surface area contributed by atoms with Crippen LogP contribution in [-0.4, -0.2) is 24.5 Å². The lowest BCUT2D eigenvalue weighted by molar-refractivity contribution is 0.286. The molecule has 13 heavy (non-hydrogen) atoms. The van der Waals surface area contributed by atoms with Crippen LogP contribution in [0, 0.1) is 0 Å². The van der Waals surface area contributed by atoms with Gasteiger partial charge in [-0.3, -0.25) is 0 Å². The Morgan fingerprint density at radius 1 is 1.46 bits per heavy atom. The number of nitrogens with zero attached hydrogens (tertiary/aromatic N) is 1. The van der Waals surface area contributed by atoms with Gasteiger partial charge in [-0.15, -0.1) is 11.3 Å². The van der Waals surface area contributed by atoms with E-state index in [1.807, 2.05) is 0 Å². The molecule has 1 atom stereocenters. The molecule has 1 aromatic rings. The molecular formula is C10H18N2S. The molecule has 2 nitrogen and oxygen atoms in total. The molecular weight excluding hydrogens is 180 g/mol. The standard InChI is InChI=1S/C10H18N2S/c1-3-12(4-2)8-9(11)10-6-5-7-13-10/h5-7,9H,3-4,8,11H2,1-2H3. The van der Waals surface area contributed by atoms with Crippen LogP contribution < -0.4 is 5.73 Å². The summed E-state index contributed by atoms with van der Waals surface area (Å²) in [6, 6.07) is 4.35. The Morgan fingerprint density at radius 3 is 2.62 bits per heavy atom. The molecule has 0 aliphatic heterocycles. The highest BCUT2D eigenvalue weighted by Gasteiger charge is 2.09. The molecule has 0 aliphatic rings.